The minimum absolute atomic E-state index is 0.0165. The Bertz CT molecular complexity index is 928. The van der Waals surface area contributed by atoms with Crippen LogP contribution >= 0.6 is 0 Å². The molecule has 0 aromatic carbocycles. The number of fused-ring (bicyclic) bond motifs is 2. The molecule has 9 atom stereocenters. The van der Waals surface area contributed by atoms with Crippen molar-refractivity contribution in [3.05, 3.63) is 0 Å². The fourth-order valence-electron chi connectivity index (χ4n) is 9.02. The molecule has 0 radical (unpaired) electrons. The maximum Gasteiger partial charge on any atom is 0.309 e. The Hall–Kier alpha value is -2.16. The van der Waals surface area contributed by atoms with Crippen LogP contribution in [-0.4, -0.2) is 49.7 Å². The first-order valence-electron chi connectivity index (χ1n) is 13.0. The van der Waals surface area contributed by atoms with Crippen LogP contribution in [0.5, 0.6) is 0 Å². The number of methoxy groups -OCH3 is 1. The first-order valence-corrected chi connectivity index (χ1v) is 13.0. The lowest BCUT2D eigenvalue weighted by molar-refractivity contribution is -0.268. The molecule has 0 N–H and O–H groups in total. The average Bonchev–Trinajstić information content (AvgIpc) is 3.02. The summed E-state index contributed by atoms with van der Waals surface area (Å²) in [6.45, 7) is 10.7. The number of rotatable bonds is 4. The van der Waals surface area contributed by atoms with E-state index in [0.29, 0.717) is 19.3 Å². The van der Waals surface area contributed by atoms with Crippen LogP contribution in [0.15, 0.2) is 0 Å². The molecular formula is C27H40O9. The van der Waals surface area contributed by atoms with Crippen LogP contribution in [0, 0.1) is 39.9 Å². The first-order chi connectivity index (χ1) is 16.8. The van der Waals surface area contributed by atoms with Crippen molar-refractivity contribution in [3.8, 4) is 0 Å². The van der Waals surface area contributed by atoms with Crippen LogP contribution in [0.4, 0.5) is 0 Å². The highest BCUT2D eigenvalue weighted by Gasteiger charge is 2.75. The molecule has 4 aliphatic rings. The Morgan fingerprint density at radius 3 is 2.08 bits per heavy atom. The van der Waals surface area contributed by atoms with Gasteiger partial charge in [0.05, 0.1) is 13.0 Å². The van der Waals surface area contributed by atoms with Crippen LogP contribution in [0.2, 0.25) is 0 Å². The smallest absolute Gasteiger partial charge is 0.309 e. The second-order valence-corrected chi connectivity index (χ2v) is 12.1. The van der Waals surface area contributed by atoms with Gasteiger partial charge in [0.1, 0.15) is 6.10 Å². The van der Waals surface area contributed by atoms with Gasteiger partial charge in [-0.05, 0) is 48.9 Å². The zero-order valence-electron chi connectivity index (χ0n) is 22.5. The van der Waals surface area contributed by atoms with Gasteiger partial charge in [-0.3, -0.25) is 19.2 Å². The summed E-state index contributed by atoms with van der Waals surface area (Å²) in [6, 6.07) is 0. The summed E-state index contributed by atoms with van der Waals surface area (Å²) < 4.78 is 28.8. The minimum Gasteiger partial charge on any atom is -0.469 e. The molecule has 1 saturated heterocycles. The van der Waals surface area contributed by atoms with Crippen molar-refractivity contribution >= 4 is 23.9 Å². The molecule has 1 heterocycles. The number of carbonyl (C=O) groups excluding carboxylic acids is 4. The number of carbonyl (C=O) groups is 4. The monoisotopic (exact) mass is 508 g/mol. The molecule has 0 aromatic rings. The second kappa shape index (κ2) is 9.30. The molecule has 0 unspecified atom stereocenters. The normalized spacial score (nSPS) is 42.7. The van der Waals surface area contributed by atoms with Crippen molar-refractivity contribution in [2.24, 2.45) is 39.9 Å². The molecule has 4 rings (SSSR count). The summed E-state index contributed by atoms with van der Waals surface area (Å²) in [6.07, 6.45) is 1.89. The van der Waals surface area contributed by atoms with Crippen LogP contribution in [0.1, 0.15) is 80.1 Å². The molecule has 9 heteroatoms. The van der Waals surface area contributed by atoms with Crippen molar-refractivity contribution in [2.45, 2.75) is 98.8 Å². The van der Waals surface area contributed by atoms with Crippen molar-refractivity contribution in [3.63, 3.8) is 0 Å². The Labute approximate surface area is 212 Å². The van der Waals surface area contributed by atoms with Gasteiger partial charge < -0.3 is 23.7 Å². The summed E-state index contributed by atoms with van der Waals surface area (Å²) in [5, 5.41) is 0. The fourth-order valence-corrected chi connectivity index (χ4v) is 9.02. The third kappa shape index (κ3) is 4.11. The highest BCUT2D eigenvalue weighted by atomic mass is 16.8. The summed E-state index contributed by atoms with van der Waals surface area (Å²) in [7, 11) is 1.34. The van der Waals surface area contributed by atoms with Gasteiger partial charge in [0.25, 0.3) is 0 Å². The van der Waals surface area contributed by atoms with E-state index in [1.54, 1.807) is 0 Å². The van der Waals surface area contributed by atoms with Gasteiger partial charge in [0.2, 0.25) is 12.6 Å². The lowest BCUT2D eigenvalue weighted by Gasteiger charge is -2.67. The SMILES string of the molecule is COC(=O)[C@@H]1CC[C@@H]2[C@@]3(C)CCCC(C)(C)[C@@H]3[C@@H](OC(C)=O)C[C@]23[C@H](OC(C)=O)O[C@@H](OC(C)=O)[C@H]13. The highest BCUT2D eigenvalue weighted by Crippen LogP contribution is 2.73. The summed E-state index contributed by atoms with van der Waals surface area (Å²) >= 11 is 0. The van der Waals surface area contributed by atoms with Gasteiger partial charge in [-0.15, -0.1) is 0 Å². The Kier molecular flexibility index (Phi) is 6.94. The molecule has 4 fully saturated rings. The van der Waals surface area contributed by atoms with E-state index >= 15 is 0 Å². The standard InChI is InChI=1S/C27H40O9/c1-14(28)33-18-13-27-19(26(6)12-8-11-25(4,5)21(18)26)10-9-17(22(31)32-7)20(27)23(34-15(2)29)36-24(27)35-16(3)30/h17-21,23-24H,8-13H2,1-7H3/t17-,18+,19-,20+,21+,23-,24-,26-,27+/m1/s1. The third-order valence-corrected chi connectivity index (χ3v) is 9.65. The second-order valence-electron chi connectivity index (χ2n) is 12.1. The lowest BCUT2D eigenvalue weighted by atomic mass is 9.37. The topological polar surface area (TPSA) is 114 Å². The first kappa shape index (κ1) is 26.9. The molecular weight excluding hydrogens is 468 g/mol. The summed E-state index contributed by atoms with van der Waals surface area (Å²) in [5.41, 5.74) is -1.27. The molecule has 1 spiro atoms. The molecule has 202 valence electrons. The fraction of sp³-hybridized carbons (Fsp3) is 0.852. The predicted octanol–water partition coefficient (Wildman–Crippen LogP) is 3.76. The molecule has 9 nitrogen and oxygen atoms in total. The third-order valence-electron chi connectivity index (χ3n) is 9.65. The van der Waals surface area contributed by atoms with Crippen molar-refractivity contribution in [2.75, 3.05) is 7.11 Å². The average molecular weight is 509 g/mol. The molecule has 36 heavy (non-hydrogen) atoms. The number of esters is 4. The number of hydrogen-bond acceptors (Lipinski definition) is 9. The van der Waals surface area contributed by atoms with Gasteiger partial charge in [-0.2, -0.15) is 0 Å². The minimum atomic E-state index is -1.09. The number of ether oxygens (including phenoxy) is 5. The van der Waals surface area contributed by atoms with Crippen molar-refractivity contribution < 1.29 is 42.9 Å². The van der Waals surface area contributed by atoms with Gasteiger partial charge >= 0.3 is 23.9 Å². The van der Waals surface area contributed by atoms with Crippen LogP contribution in [0.3, 0.4) is 0 Å². The van der Waals surface area contributed by atoms with Crippen molar-refractivity contribution in [1.82, 2.24) is 0 Å². The Morgan fingerprint density at radius 2 is 1.50 bits per heavy atom. The van der Waals surface area contributed by atoms with E-state index in [1.165, 1.54) is 27.9 Å². The van der Waals surface area contributed by atoms with E-state index in [0.717, 1.165) is 19.3 Å². The molecule has 0 amide bonds. The quantitative estimate of drug-likeness (QED) is 0.413. The summed E-state index contributed by atoms with van der Waals surface area (Å²) in [5.74, 6) is -3.06. The van der Waals surface area contributed by atoms with Crippen LogP contribution in [0.25, 0.3) is 0 Å². The van der Waals surface area contributed by atoms with E-state index in [1.807, 2.05) is 0 Å². The van der Waals surface area contributed by atoms with Crippen molar-refractivity contribution in [1.29, 1.82) is 0 Å². The van der Waals surface area contributed by atoms with E-state index in [9.17, 15) is 19.2 Å². The predicted molar refractivity (Wildman–Crippen MR) is 126 cm³/mol. The molecule has 3 aliphatic carbocycles. The van der Waals surface area contributed by atoms with E-state index < -0.39 is 53.8 Å². The molecule has 0 aromatic heterocycles. The number of hydrogen-bond donors (Lipinski definition) is 0. The molecule has 1 aliphatic heterocycles. The van der Waals surface area contributed by atoms with Gasteiger partial charge in [-0.1, -0.05) is 27.2 Å². The van der Waals surface area contributed by atoms with E-state index in [4.69, 9.17) is 23.7 Å². The van der Waals surface area contributed by atoms with E-state index in [2.05, 4.69) is 20.8 Å². The molecule has 3 saturated carbocycles. The van der Waals surface area contributed by atoms with Crippen LogP contribution < -0.4 is 0 Å². The largest absolute Gasteiger partial charge is 0.469 e. The summed E-state index contributed by atoms with van der Waals surface area (Å²) in [4.78, 5) is 49.8. The van der Waals surface area contributed by atoms with Gasteiger partial charge in [0, 0.05) is 38.0 Å². The maximum absolute atomic E-state index is 13.1. The zero-order chi connectivity index (χ0) is 26.6. The van der Waals surface area contributed by atoms with Gasteiger partial charge in [0.15, 0.2) is 0 Å². The van der Waals surface area contributed by atoms with E-state index in [-0.39, 0.29) is 28.6 Å². The molecule has 0 bridgehead atoms. The lowest BCUT2D eigenvalue weighted by Crippen LogP contribution is -2.67. The van der Waals surface area contributed by atoms with Crippen LogP contribution in [-0.2, 0) is 42.9 Å². The highest BCUT2D eigenvalue weighted by molar-refractivity contribution is 5.73. The Morgan fingerprint density at radius 1 is 0.861 bits per heavy atom. The van der Waals surface area contributed by atoms with Gasteiger partial charge in [-0.25, -0.2) is 0 Å². The zero-order valence-corrected chi connectivity index (χ0v) is 22.5. The maximum atomic E-state index is 13.1. The Balaban J connectivity index is 1.93.